The number of nitrogens with one attached hydrogen (secondary N) is 1. The number of fused-ring (bicyclic) bond motifs is 1. The van der Waals surface area contributed by atoms with Crippen LogP contribution >= 0.6 is 0 Å². The fourth-order valence-corrected chi connectivity index (χ4v) is 5.23. The number of carbonyl (C=O) groups is 1. The largest absolute Gasteiger partial charge is 0.378 e. The molecule has 4 aromatic rings. The second-order valence-electron chi connectivity index (χ2n) is 9.83. The molecule has 7 heteroatoms. The average Bonchev–Trinajstić information content (AvgIpc) is 3.75. The number of hydrogen-bond acceptors (Lipinski definition) is 4. The Kier molecular flexibility index (Phi) is 5.72. The number of hydrogen-bond donors (Lipinski definition) is 2. The molecule has 186 valence electrons. The van der Waals surface area contributed by atoms with Crippen molar-refractivity contribution >= 4 is 5.91 Å². The Labute approximate surface area is 213 Å². The molecule has 0 saturated heterocycles. The number of aliphatic hydroxyl groups is 1. The van der Waals surface area contributed by atoms with Crippen molar-refractivity contribution in [2.75, 3.05) is 6.54 Å². The van der Waals surface area contributed by atoms with Gasteiger partial charge in [-0.15, -0.1) is 0 Å². The maximum Gasteiger partial charge on any atom is 0.256 e. The van der Waals surface area contributed by atoms with E-state index in [0.717, 1.165) is 35.2 Å². The van der Waals surface area contributed by atoms with Gasteiger partial charge in [0.15, 0.2) is 6.10 Å². The topological polar surface area (TPSA) is 86.3 Å². The molecule has 0 bridgehead atoms. The highest BCUT2D eigenvalue weighted by Gasteiger charge is 2.48. The number of halogens is 1. The predicted molar refractivity (Wildman–Crippen MR) is 137 cm³/mol. The van der Waals surface area contributed by atoms with Gasteiger partial charge in [-0.3, -0.25) is 9.59 Å². The summed E-state index contributed by atoms with van der Waals surface area (Å²) >= 11 is 0. The molecule has 1 unspecified atom stereocenters. The zero-order chi connectivity index (χ0) is 25.6. The highest BCUT2D eigenvalue weighted by atomic mass is 19.1. The molecule has 2 N–H and O–H groups in total. The van der Waals surface area contributed by atoms with Crippen molar-refractivity contribution in [3.8, 4) is 11.1 Å². The van der Waals surface area contributed by atoms with Crippen molar-refractivity contribution in [2.45, 2.75) is 37.3 Å². The van der Waals surface area contributed by atoms with Gasteiger partial charge >= 0.3 is 0 Å². The van der Waals surface area contributed by atoms with Gasteiger partial charge in [0, 0.05) is 13.0 Å². The molecule has 1 aliphatic carbocycles. The maximum atomic E-state index is 13.3. The van der Waals surface area contributed by atoms with Crippen LogP contribution in [0.25, 0.3) is 11.1 Å². The molecule has 2 aliphatic rings. The van der Waals surface area contributed by atoms with Gasteiger partial charge < -0.3 is 15.0 Å². The van der Waals surface area contributed by atoms with Gasteiger partial charge in [0.05, 0.1) is 23.2 Å². The first-order valence-corrected chi connectivity index (χ1v) is 12.5. The van der Waals surface area contributed by atoms with Crippen LogP contribution in [0.2, 0.25) is 0 Å². The molecule has 1 saturated carbocycles. The molecular weight excluding hydrogens is 469 g/mol. The Hall–Kier alpha value is -4.10. The molecular formula is C30H26FN3O3. The van der Waals surface area contributed by atoms with E-state index < -0.39 is 12.0 Å². The number of aromatic amines is 1. The lowest BCUT2D eigenvalue weighted by Crippen LogP contribution is -2.42. The van der Waals surface area contributed by atoms with Crippen LogP contribution in [-0.4, -0.2) is 32.4 Å². The molecule has 1 fully saturated rings. The minimum absolute atomic E-state index is 0.101. The summed E-state index contributed by atoms with van der Waals surface area (Å²) in [7, 11) is 0. The minimum atomic E-state index is -1.37. The SMILES string of the molecule is O=C(C(O)c1cccc(-c2ccc(F)cc2)c1)N1CCc2nc(C3(c4ccccc4)CC3)[nH]c(=O)c2C1. The van der Waals surface area contributed by atoms with Crippen LogP contribution in [-0.2, 0) is 23.2 Å². The summed E-state index contributed by atoms with van der Waals surface area (Å²) in [6, 6.07) is 23.2. The number of H-pyrrole nitrogens is 1. The van der Waals surface area contributed by atoms with Gasteiger partial charge in [-0.25, -0.2) is 9.37 Å². The lowest BCUT2D eigenvalue weighted by Gasteiger charge is -2.30. The van der Waals surface area contributed by atoms with Crippen molar-refractivity contribution in [3.05, 3.63) is 123 Å². The molecule has 1 aliphatic heterocycles. The van der Waals surface area contributed by atoms with Crippen molar-refractivity contribution in [3.63, 3.8) is 0 Å². The number of carbonyl (C=O) groups excluding carboxylic acids is 1. The lowest BCUT2D eigenvalue weighted by molar-refractivity contribution is -0.141. The number of amides is 1. The van der Waals surface area contributed by atoms with E-state index in [1.165, 1.54) is 17.0 Å². The third kappa shape index (κ3) is 4.25. The van der Waals surface area contributed by atoms with Gasteiger partial charge in [0.25, 0.3) is 11.5 Å². The summed E-state index contributed by atoms with van der Waals surface area (Å²) in [6.45, 7) is 0.471. The average molecular weight is 496 g/mol. The summed E-state index contributed by atoms with van der Waals surface area (Å²) < 4.78 is 13.3. The number of aromatic nitrogens is 2. The van der Waals surface area contributed by atoms with E-state index in [0.29, 0.717) is 29.9 Å². The van der Waals surface area contributed by atoms with Crippen LogP contribution in [0, 0.1) is 5.82 Å². The third-order valence-electron chi connectivity index (χ3n) is 7.52. The van der Waals surface area contributed by atoms with Gasteiger partial charge in [0.1, 0.15) is 11.6 Å². The molecule has 37 heavy (non-hydrogen) atoms. The second-order valence-corrected chi connectivity index (χ2v) is 9.83. The van der Waals surface area contributed by atoms with Crippen molar-refractivity contribution in [1.29, 1.82) is 0 Å². The molecule has 2 heterocycles. The van der Waals surface area contributed by atoms with Crippen LogP contribution in [0.1, 0.15) is 47.2 Å². The van der Waals surface area contributed by atoms with Crippen LogP contribution < -0.4 is 5.56 Å². The zero-order valence-electron chi connectivity index (χ0n) is 20.2. The highest BCUT2D eigenvalue weighted by molar-refractivity contribution is 5.83. The molecule has 0 radical (unpaired) electrons. The molecule has 1 atom stereocenters. The predicted octanol–water partition coefficient (Wildman–Crippen LogP) is 4.27. The Balaban J connectivity index is 1.22. The number of rotatable bonds is 5. The number of benzene rings is 3. The minimum Gasteiger partial charge on any atom is -0.378 e. The molecule has 3 aromatic carbocycles. The fourth-order valence-electron chi connectivity index (χ4n) is 5.23. The summed E-state index contributed by atoms with van der Waals surface area (Å²) in [5.74, 6) is -0.0994. The first-order valence-electron chi connectivity index (χ1n) is 12.5. The molecule has 1 amide bonds. The Morgan fingerprint density at radius 3 is 2.49 bits per heavy atom. The maximum absolute atomic E-state index is 13.3. The quantitative estimate of drug-likeness (QED) is 0.433. The normalized spacial score (nSPS) is 16.6. The Morgan fingerprint density at radius 2 is 1.76 bits per heavy atom. The van der Waals surface area contributed by atoms with Gasteiger partial charge in [-0.2, -0.15) is 0 Å². The zero-order valence-corrected chi connectivity index (χ0v) is 20.2. The van der Waals surface area contributed by atoms with E-state index in [4.69, 9.17) is 4.98 Å². The molecule has 6 nitrogen and oxygen atoms in total. The highest BCUT2D eigenvalue weighted by Crippen LogP contribution is 2.51. The van der Waals surface area contributed by atoms with Crippen LogP contribution in [0.15, 0.2) is 83.7 Å². The van der Waals surface area contributed by atoms with E-state index in [2.05, 4.69) is 17.1 Å². The number of nitrogens with zero attached hydrogens (tertiary/aromatic N) is 2. The van der Waals surface area contributed by atoms with E-state index >= 15 is 0 Å². The number of aliphatic hydroxyl groups excluding tert-OH is 1. The van der Waals surface area contributed by atoms with E-state index in [1.807, 2.05) is 24.3 Å². The van der Waals surface area contributed by atoms with Gasteiger partial charge in [-0.05, 0) is 53.3 Å². The third-order valence-corrected chi connectivity index (χ3v) is 7.52. The smallest absolute Gasteiger partial charge is 0.256 e. The summed E-state index contributed by atoms with van der Waals surface area (Å²) in [6.07, 6.45) is 0.950. The van der Waals surface area contributed by atoms with E-state index in [1.54, 1.807) is 30.3 Å². The monoisotopic (exact) mass is 495 g/mol. The summed E-state index contributed by atoms with van der Waals surface area (Å²) in [4.78, 5) is 35.7. The van der Waals surface area contributed by atoms with Crippen LogP contribution in [0.4, 0.5) is 4.39 Å². The fraction of sp³-hybridized carbons (Fsp3) is 0.233. The molecule has 0 spiro atoms. The summed E-state index contributed by atoms with van der Waals surface area (Å²) in [5.41, 5.74) is 3.87. The Morgan fingerprint density at radius 1 is 1.00 bits per heavy atom. The first kappa shape index (κ1) is 23.3. The van der Waals surface area contributed by atoms with Crippen LogP contribution in [0.5, 0.6) is 0 Å². The van der Waals surface area contributed by atoms with Gasteiger partial charge in [-0.1, -0.05) is 60.7 Å². The Bertz CT molecular complexity index is 1530. The molecule has 6 rings (SSSR count). The van der Waals surface area contributed by atoms with E-state index in [-0.39, 0.29) is 23.3 Å². The van der Waals surface area contributed by atoms with Crippen molar-refractivity contribution in [2.24, 2.45) is 0 Å². The second kappa shape index (κ2) is 9.09. The van der Waals surface area contributed by atoms with Crippen molar-refractivity contribution < 1.29 is 14.3 Å². The van der Waals surface area contributed by atoms with Crippen LogP contribution in [0.3, 0.4) is 0 Å². The van der Waals surface area contributed by atoms with Gasteiger partial charge in [0.2, 0.25) is 0 Å². The van der Waals surface area contributed by atoms with Crippen molar-refractivity contribution in [1.82, 2.24) is 14.9 Å². The summed E-state index contributed by atoms with van der Waals surface area (Å²) in [5, 5.41) is 10.9. The first-order chi connectivity index (χ1) is 17.9. The molecule has 1 aromatic heterocycles. The van der Waals surface area contributed by atoms with E-state index in [9.17, 15) is 19.1 Å². The standard InChI is InChI=1S/C30H26FN3O3/c31-23-11-9-19(10-12-23)20-5-4-6-21(17-20)26(35)28(37)34-16-13-25-24(18-34)27(36)33-29(32-25)30(14-15-30)22-7-2-1-3-8-22/h1-12,17,26,35H,13-16,18H2,(H,32,33,36). The lowest BCUT2D eigenvalue weighted by atomic mass is 9.94.